The maximum Gasteiger partial charge on any atom is 0.274 e. The smallest absolute Gasteiger partial charge is 0.274 e. The van der Waals surface area contributed by atoms with Gasteiger partial charge in [-0.25, -0.2) is 4.98 Å². The monoisotopic (exact) mass is 282 g/mol. The van der Waals surface area contributed by atoms with Gasteiger partial charge in [-0.15, -0.1) is 0 Å². The molecule has 5 nitrogen and oxygen atoms in total. The van der Waals surface area contributed by atoms with E-state index < -0.39 is 0 Å². The second-order valence-corrected chi connectivity index (χ2v) is 5.15. The summed E-state index contributed by atoms with van der Waals surface area (Å²) in [5.41, 5.74) is 2.81. The molecule has 1 aliphatic rings. The Labute approximate surface area is 124 Å². The van der Waals surface area contributed by atoms with Crippen LogP contribution < -0.4 is 5.32 Å². The van der Waals surface area contributed by atoms with Crippen LogP contribution in [-0.4, -0.2) is 27.3 Å². The molecule has 0 atom stereocenters. The third-order valence-corrected chi connectivity index (χ3v) is 3.54. The number of nitrogens with one attached hydrogen (secondary N) is 1. The van der Waals surface area contributed by atoms with Crippen molar-refractivity contribution in [2.24, 2.45) is 0 Å². The quantitative estimate of drug-likeness (QED) is 0.936. The fourth-order valence-electron chi connectivity index (χ4n) is 2.45. The van der Waals surface area contributed by atoms with E-state index in [-0.39, 0.29) is 5.91 Å². The molecular weight excluding hydrogens is 264 g/mol. The first-order valence-corrected chi connectivity index (χ1v) is 7.20. The van der Waals surface area contributed by atoms with Gasteiger partial charge in [0.1, 0.15) is 11.5 Å². The molecule has 2 heterocycles. The van der Waals surface area contributed by atoms with Gasteiger partial charge in [-0.05, 0) is 17.5 Å². The van der Waals surface area contributed by atoms with Gasteiger partial charge in [-0.1, -0.05) is 31.2 Å². The molecule has 1 amide bonds. The zero-order chi connectivity index (χ0) is 14.7. The Morgan fingerprint density at radius 1 is 1.24 bits per heavy atom. The van der Waals surface area contributed by atoms with Crippen molar-refractivity contribution in [3.63, 3.8) is 0 Å². The Bertz CT molecular complexity index is 631. The molecule has 0 aliphatic carbocycles. The van der Waals surface area contributed by atoms with E-state index in [1.54, 1.807) is 11.1 Å². The number of rotatable bonds is 4. The summed E-state index contributed by atoms with van der Waals surface area (Å²) in [6.45, 7) is 4.19. The lowest BCUT2D eigenvalue weighted by Crippen LogP contribution is -2.26. The van der Waals surface area contributed by atoms with Gasteiger partial charge in [-0.3, -0.25) is 9.78 Å². The van der Waals surface area contributed by atoms with Crippen LogP contribution in [0.15, 0.2) is 36.7 Å². The molecule has 21 heavy (non-hydrogen) atoms. The van der Waals surface area contributed by atoms with E-state index in [2.05, 4.69) is 34.3 Å². The Morgan fingerprint density at radius 2 is 1.95 bits per heavy atom. The highest BCUT2D eigenvalue weighted by atomic mass is 16.2. The molecule has 0 fully saturated rings. The summed E-state index contributed by atoms with van der Waals surface area (Å²) in [5, 5.41) is 3.15. The zero-order valence-corrected chi connectivity index (χ0v) is 12.0. The van der Waals surface area contributed by atoms with E-state index in [0.29, 0.717) is 24.6 Å². The number of hydrogen-bond donors (Lipinski definition) is 1. The summed E-state index contributed by atoms with van der Waals surface area (Å²) >= 11 is 0. The molecule has 0 bridgehead atoms. The molecule has 0 unspecified atom stereocenters. The minimum Gasteiger partial charge on any atom is -0.369 e. The number of fused-ring (bicyclic) bond motifs is 1. The van der Waals surface area contributed by atoms with E-state index in [4.69, 9.17) is 0 Å². The lowest BCUT2D eigenvalue weighted by molar-refractivity contribution is 0.0745. The van der Waals surface area contributed by atoms with E-state index >= 15 is 0 Å². The van der Waals surface area contributed by atoms with Crippen molar-refractivity contribution in [3.8, 4) is 0 Å². The average Bonchev–Trinajstić information content (AvgIpc) is 2.96. The van der Waals surface area contributed by atoms with Crippen molar-refractivity contribution in [2.45, 2.75) is 26.4 Å². The van der Waals surface area contributed by atoms with Gasteiger partial charge in [0, 0.05) is 19.6 Å². The maximum absolute atomic E-state index is 12.5. The van der Waals surface area contributed by atoms with Crippen LogP contribution in [0.4, 0.5) is 5.82 Å². The van der Waals surface area contributed by atoms with Crippen LogP contribution in [0.25, 0.3) is 0 Å². The van der Waals surface area contributed by atoms with Crippen molar-refractivity contribution >= 4 is 11.7 Å². The van der Waals surface area contributed by atoms with Gasteiger partial charge < -0.3 is 10.2 Å². The van der Waals surface area contributed by atoms with Gasteiger partial charge >= 0.3 is 0 Å². The normalized spacial score (nSPS) is 13.1. The molecule has 1 aromatic heterocycles. The Morgan fingerprint density at radius 3 is 2.62 bits per heavy atom. The topological polar surface area (TPSA) is 58.1 Å². The highest BCUT2D eigenvalue weighted by Gasteiger charge is 2.24. The van der Waals surface area contributed by atoms with Crippen molar-refractivity contribution < 1.29 is 4.79 Å². The third-order valence-electron chi connectivity index (χ3n) is 3.54. The number of carbonyl (C=O) groups excluding carboxylic acids is 1. The van der Waals surface area contributed by atoms with Gasteiger partial charge in [-0.2, -0.15) is 0 Å². The van der Waals surface area contributed by atoms with Crippen molar-refractivity contribution in [1.29, 1.82) is 0 Å². The van der Waals surface area contributed by atoms with Crippen molar-refractivity contribution in [2.75, 3.05) is 11.9 Å². The van der Waals surface area contributed by atoms with Crippen molar-refractivity contribution in [1.82, 2.24) is 14.9 Å². The van der Waals surface area contributed by atoms with Crippen LogP contribution in [0.1, 0.15) is 35.0 Å². The molecule has 1 aromatic carbocycles. The molecular formula is C16H18N4O. The first-order chi connectivity index (χ1) is 10.3. The summed E-state index contributed by atoms with van der Waals surface area (Å²) in [4.78, 5) is 22.8. The van der Waals surface area contributed by atoms with Gasteiger partial charge in [0.25, 0.3) is 5.91 Å². The van der Waals surface area contributed by atoms with Crippen molar-refractivity contribution in [3.05, 3.63) is 53.5 Å². The average molecular weight is 282 g/mol. The predicted octanol–water partition coefficient (Wildman–Crippen LogP) is 2.45. The molecule has 3 rings (SSSR count). The van der Waals surface area contributed by atoms with Crippen LogP contribution in [-0.2, 0) is 13.1 Å². The van der Waals surface area contributed by atoms with Crippen LogP contribution in [0.3, 0.4) is 0 Å². The highest BCUT2D eigenvalue weighted by Crippen LogP contribution is 2.23. The molecule has 0 spiro atoms. The largest absolute Gasteiger partial charge is 0.369 e. The van der Waals surface area contributed by atoms with E-state index in [1.807, 2.05) is 12.1 Å². The second kappa shape index (κ2) is 5.91. The van der Waals surface area contributed by atoms with Crippen LogP contribution in [0.2, 0.25) is 0 Å². The van der Waals surface area contributed by atoms with Gasteiger partial charge in [0.15, 0.2) is 0 Å². The first kappa shape index (κ1) is 13.5. The second-order valence-electron chi connectivity index (χ2n) is 5.15. The Hall–Kier alpha value is -2.43. The summed E-state index contributed by atoms with van der Waals surface area (Å²) in [5.74, 6) is 0.582. The third kappa shape index (κ3) is 2.86. The lowest BCUT2D eigenvalue weighted by atomic mass is 10.1. The number of benzene rings is 1. The minimum absolute atomic E-state index is 0.0705. The minimum atomic E-state index is -0.0705. The van der Waals surface area contributed by atoms with Gasteiger partial charge in [0.05, 0.1) is 12.4 Å². The fourth-order valence-corrected chi connectivity index (χ4v) is 2.45. The predicted molar refractivity (Wildman–Crippen MR) is 80.8 cm³/mol. The Kier molecular flexibility index (Phi) is 3.81. The van der Waals surface area contributed by atoms with Crippen LogP contribution >= 0.6 is 0 Å². The molecule has 0 radical (unpaired) electrons. The first-order valence-electron chi connectivity index (χ1n) is 7.20. The molecule has 108 valence electrons. The zero-order valence-electron chi connectivity index (χ0n) is 12.0. The molecule has 5 heteroatoms. The summed E-state index contributed by atoms with van der Waals surface area (Å²) in [6, 6.07) is 8.13. The van der Waals surface area contributed by atoms with Crippen LogP contribution in [0.5, 0.6) is 0 Å². The number of hydrogen-bond acceptors (Lipinski definition) is 4. The number of aromatic nitrogens is 2. The van der Waals surface area contributed by atoms with E-state index in [0.717, 1.165) is 13.0 Å². The lowest BCUT2D eigenvalue weighted by Gasteiger charge is -2.15. The van der Waals surface area contributed by atoms with E-state index in [1.165, 1.54) is 17.3 Å². The van der Waals surface area contributed by atoms with E-state index in [9.17, 15) is 4.79 Å². The highest BCUT2D eigenvalue weighted by molar-refractivity contribution is 5.92. The maximum atomic E-state index is 12.5. The SMILES string of the molecule is CCCNc1cncc(C(=O)N2Cc3ccccc3C2)n1. The molecule has 1 aliphatic heterocycles. The molecule has 0 saturated carbocycles. The molecule has 2 aromatic rings. The fraction of sp³-hybridized carbons (Fsp3) is 0.312. The molecule has 0 saturated heterocycles. The number of anilines is 1. The number of carbonyl (C=O) groups is 1. The summed E-state index contributed by atoms with van der Waals surface area (Å²) in [6.07, 6.45) is 4.18. The molecule has 1 N–H and O–H groups in total. The number of nitrogens with zero attached hydrogens (tertiary/aromatic N) is 3. The van der Waals surface area contributed by atoms with Crippen LogP contribution in [0, 0.1) is 0 Å². The number of amides is 1. The summed E-state index contributed by atoms with van der Waals surface area (Å²) < 4.78 is 0. The standard InChI is InChI=1S/C16H18N4O/c1-2-7-18-15-9-17-8-14(19-15)16(21)20-10-12-5-3-4-6-13(12)11-20/h3-6,8-9H,2,7,10-11H2,1H3,(H,18,19). The summed E-state index contributed by atoms with van der Waals surface area (Å²) in [7, 11) is 0. The Balaban J connectivity index is 1.75. The van der Waals surface area contributed by atoms with Gasteiger partial charge in [0.2, 0.25) is 0 Å².